The fraction of sp³-hybridized carbons (Fsp3) is 0.421. The van der Waals surface area contributed by atoms with Crippen LogP contribution in [0.3, 0.4) is 0 Å². The number of aliphatic hydroxyl groups is 1. The van der Waals surface area contributed by atoms with Gasteiger partial charge in [-0.15, -0.1) is 0 Å². The molecule has 0 bridgehead atoms. The van der Waals surface area contributed by atoms with Crippen LogP contribution in [0.5, 0.6) is 0 Å². The summed E-state index contributed by atoms with van der Waals surface area (Å²) in [5.74, 6) is -0.417. The highest BCUT2D eigenvalue weighted by Gasteiger charge is 2.33. The van der Waals surface area contributed by atoms with E-state index in [1.54, 1.807) is 30.6 Å². The molecule has 3 heterocycles. The smallest absolute Gasteiger partial charge is 0.253 e. The maximum Gasteiger partial charge on any atom is 0.253 e. The highest BCUT2D eigenvalue weighted by Crippen LogP contribution is 2.22. The Balaban J connectivity index is 1.47. The molecule has 0 aliphatic carbocycles. The second kappa shape index (κ2) is 9.86. The lowest BCUT2D eigenvalue weighted by Crippen LogP contribution is -2.51. The summed E-state index contributed by atoms with van der Waals surface area (Å²) in [7, 11) is 0. The Bertz CT molecular complexity index is 774. The van der Waals surface area contributed by atoms with E-state index in [-0.39, 0.29) is 37.0 Å². The van der Waals surface area contributed by atoms with Crippen LogP contribution in [-0.4, -0.2) is 56.7 Å². The molecule has 0 unspecified atom stereocenters. The lowest BCUT2D eigenvalue weighted by Gasteiger charge is -2.36. The van der Waals surface area contributed by atoms with E-state index in [1.165, 1.54) is 12.5 Å². The number of nitrogens with one attached hydrogen (secondary N) is 2. The van der Waals surface area contributed by atoms with Crippen molar-refractivity contribution >= 4 is 11.8 Å². The summed E-state index contributed by atoms with van der Waals surface area (Å²) in [6, 6.07) is 4.77. The molecule has 3 N–H and O–H groups in total. The third kappa shape index (κ3) is 5.54. The Morgan fingerprint density at radius 2 is 2.11 bits per heavy atom. The lowest BCUT2D eigenvalue weighted by atomic mass is 9.96. The van der Waals surface area contributed by atoms with Crippen LogP contribution in [-0.2, 0) is 16.1 Å². The van der Waals surface area contributed by atoms with Gasteiger partial charge in [-0.1, -0.05) is 0 Å². The van der Waals surface area contributed by atoms with Crippen molar-refractivity contribution in [2.75, 3.05) is 6.61 Å². The molecule has 1 fully saturated rings. The Morgan fingerprint density at radius 1 is 1.21 bits per heavy atom. The molecule has 148 valence electrons. The van der Waals surface area contributed by atoms with E-state index in [4.69, 9.17) is 4.74 Å². The Kier molecular flexibility index (Phi) is 6.99. The van der Waals surface area contributed by atoms with Crippen LogP contribution in [0.4, 0.5) is 0 Å². The van der Waals surface area contributed by atoms with E-state index in [1.807, 2.05) is 0 Å². The van der Waals surface area contributed by atoms with Gasteiger partial charge in [0.05, 0.1) is 43.0 Å². The number of ether oxygens (including phenoxy) is 1. The van der Waals surface area contributed by atoms with Crippen molar-refractivity contribution in [3.63, 3.8) is 0 Å². The van der Waals surface area contributed by atoms with Gasteiger partial charge in [-0.3, -0.25) is 14.6 Å². The molecule has 2 amide bonds. The number of carbonyl (C=O) groups excluding carboxylic acids is 2. The van der Waals surface area contributed by atoms with Gasteiger partial charge >= 0.3 is 0 Å². The number of hydrogen-bond acceptors (Lipinski definition) is 7. The van der Waals surface area contributed by atoms with Crippen molar-refractivity contribution in [3.8, 4) is 0 Å². The molecule has 1 aliphatic rings. The number of aliphatic hydroxyl groups excluding tert-OH is 1. The summed E-state index contributed by atoms with van der Waals surface area (Å²) < 4.78 is 5.84. The zero-order chi connectivity index (χ0) is 19.8. The average molecular weight is 385 g/mol. The van der Waals surface area contributed by atoms with Crippen molar-refractivity contribution < 1.29 is 19.4 Å². The number of hydrogen-bond donors (Lipinski definition) is 3. The number of aromatic nitrogens is 3. The molecule has 3 atom stereocenters. The third-order valence-corrected chi connectivity index (χ3v) is 4.56. The summed E-state index contributed by atoms with van der Waals surface area (Å²) in [4.78, 5) is 36.2. The Morgan fingerprint density at radius 3 is 2.82 bits per heavy atom. The maximum atomic E-state index is 12.3. The second-order valence-corrected chi connectivity index (χ2v) is 6.56. The Labute approximate surface area is 162 Å². The topological polar surface area (TPSA) is 126 Å². The van der Waals surface area contributed by atoms with Gasteiger partial charge < -0.3 is 20.5 Å². The highest BCUT2D eigenvalue weighted by atomic mass is 16.5. The largest absolute Gasteiger partial charge is 0.394 e. The predicted molar refractivity (Wildman–Crippen MR) is 99.0 cm³/mol. The van der Waals surface area contributed by atoms with E-state index in [0.717, 1.165) is 5.69 Å². The summed E-state index contributed by atoms with van der Waals surface area (Å²) >= 11 is 0. The molecular weight excluding hydrogens is 362 g/mol. The maximum absolute atomic E-state index is 12.3. The molecule has 28 heavy (non-hydrogen) atoms. The third-order valence-electron chi connectivity index (χ3n) is 4.56. The van der Waals surface area contributed by atoms with Gasteiger partial charge in [0, 0.05) is 18.6 Å². The zero-order valence-corrected chi connectivity index (χ0v) is 15.3. The SMILES string of the molecule is O=C(C[C@@H]1CC[C@@H](NC(=O)c2cccnc2)[C@@H](CO)O1)NCc1ccncn1. The van der Waals surface area contributed by atoms with Gasteiger partial charge in [-0.2, -0.15) is 0 Å². The van der Waals surface area contributed by atoms with Gasteiger partial charge in [-0.05, 0) is 31.0 Å². The van der Waals surface area contributed by atoms with Crippen LogP contribution in [0, 0.1) is 0 Å². The molecule has 0 saturated carbocycles. The fourth-order valence-corrected chi connectivity index (χ4v) is 3.09. The number of rotatable bonds is 7. The molecule has 9 nitrogen and oxygen atoms in total. The second-order valence-electron chi connectivity index (χ2n) is 6.56. The van der Waals surface area contributed by atoms with Gasteiger partial charge in [0.2, 0.25) is 5.91 Å². The molecule has 3 rings (SSSR count). The summed E-state index contributed by atoms with van der Waals surface area (Å²) in [5.41, 5.74) is 1.17. The minimum atomic E-state index is -0.561. The first-order valence-electron chi connectivity index (χ1n) is 9.14. The standard InChI is InChI=1S/C19H23N5O4/c25-11-17-16(24-19(27)13-2-1-6-20-9-13)4-3-15(28-17)8-18(26)22-10-14-5-7-21-12-23-14/h1-2,5-7,9,12,15-17,25H,3-4,8,10-11H2,(H,22,26)(H,24,27)/t15-,16+,17+/m0/s1. The van der Waals surface area contributed by atoms with Crippen LogP contribution in [0.1, 0.15) is 35.3 Å². The Hall–Kier alpha value is -2.91. The van der Waals surface area contributed by atoms with E-state index in [2.05, 4.69) is 25.6 Å². The molecule has 9 heteroatoms. The van der Waals surface area contributed by atoms with Gasteiger partial charge in [0.25, 0.3) is 5.91 Å². The van der Waals surface area contributed by atoms with E-state index in [0.29, 0.717) is 24.9 Å². The highest BCUT2D eigenvalue weighted by molar-refractivity contribution is 5.94. The molecular formula is C19H23N5O4. The first kappa shape index (κ1) is 19.8. The molecule has 2 aromatic rings. The molecule has 0 spiro atoms. The van der Waals surface area contributed by atoms with Crippen molar-refractivity contribution in [1.29, 1.82) is 0 Å². The summed E-state index contributed by atoms with van der Waals surface area (Å²) in [6.07, 6.45) is 6.65. The van der Waals surface area contributed by atoms with Crippen LogP contribution in [0.25, 0.3) is 0 Å². The fourth-order valence-electron chi connectivity index (χ4n) is 3.09. The number of carbonyl (C=O) groups is 2. The molecule has 0 radical (unpaired) electrons. The van der Waals surface area contributed by atoms with Crippen molar-refractivity contribution in [2.24, 2.45) is 0 Å². The van der Waals surface area contributed by atoms with Crippen molar-refractivity contribution in [1.82, 2.24) is 25.6 Å². The van der Waals surface area contributed by atoms with Crippen LogP contribution in [0.2, 0.25) is 0 Å². The lowest BCUT2D eigenvalue weighted by molar-refractivity contribution is -0.131. The van der Waals surface area contributed by atoms with Gasteiger partial charge in [0.1, 0.15) is 12.4 Å². The average Bonchev–Trinajstić information content (AvgIpc) is 2.74. The number of pyridine rings is 1. The minimum Gasteiger partial charge on any atom is -0.394 e. The van der Waals surface area contributed by atoms with Crippen LogP contribution in [0.15, 0.2) is 43.1 Å². The van der Waals surface area contributed by atoms with Gasteiger partial charge in [-0.25, -0.2) is 9.97 Å². The number of amides is 2. The molecule has 2 aromatic heterocycles. The monoisotopic (exact) mass is 385 g/mol. The van der Waals surface area contributed by atoms with Crippen LogP contribution >= 0.6 is 0 Å². The molecule has 1 aliphatic heterocycles. The summed E-state index contributed by atoms with van der Waals surface area (Å²) in [5, 5.41) is 15.3. The zero-order valence-electron chi connectivity index (χ0n) is 15.3. The first-order valence-corrected chi connectivity index (χ1v) is 9.14. The predicted octanol–water partition coefficient (Wildman–Crippen LogP) is 0.216. The molecule has 0 aromatic carbocycles. The quantitative estimate of drug-likeness (QED) is 0.622. The van der Waals surface area contributed by atoms with E-state index in [9.17, 15) is 14.7 Å². The van der Waals surface area contributed by atoms with Crippen LogP contribution < -0.4 is 10.6 Å². The van der Waals surface area contributed by atoms with Crippen molar-refractivity contribution in [2.45, 2.75) is 44.1 Å². The van der Waals surface area contributed by atoms with Crippen molar-refractivity contribution in [3.05, 3.63) is 54.4 Å². The minimum absolute atomic E-state index is 0.154. The summed E-state index contributed by atoms with van der Waals surface area (Å²) in [6.45, 7) is 0.0817. The first-order chi connectivity index (χ1) is 13.7. The normalized spacial score (nSPS) is 21.7. The van der Waals surface area contributed by atoms with E-state index >= 15 is 0 Å². The van der Waals surface area contributed by atoms with Gasteiger partial charge in [0.15, 0.2) is 0 Å². The number of nitrogens with zero attached hydrogens (tertiary/aromatic N) is 3. The molecule has 1 saturated heterocycles. The van der Waals surface area contributed by atoms with E-state index < -0.39 is 6.10 Å².